The molecule has 32 heavy (non-hydrogen) atoms. The van der Waals surface area contributed by atoms with Gasteiger partial charge in [-0.25, -0.2) is 13.4 Å². The summed E-state index contributed by atoms with van der Waals surface area (Å²) < 4.78 is 28.7. The van der Waals surface area contributed by atoms with E-state index in [0.29, 0.717) is 55.6 Å². The third-order valence-corrected chi connectivity index (χ3v) is 9.34. The number of aromatic nitrogens is 1. The number of carbonyl (C=O) groups is 1. The third-order valence-electron chi connectivity index (χ3n) is 5.25. The molecule has 0 saturated carbocycles. The summed E-state index contributed by atoms with van der Waals surface area (Å²) in [6, 6.07) is 7.73. The highest BCUT2D eigenvalue weighted by Crippen LogP contribution is 2.39. The summed E-state index contributed by atoms with van der Waals surface area (Å²) in [5, 5.41) is 4.94. The Bertz CT molecular complexity index is 1230. The number of halogens is 2. The lowest BCUT2D eigenvalue weighted by Gasteiger charge is -2.34. The van der Waals surface area contributed by atoms with Crippen molar-refractivity contribution in [1.82, 2.24) is 9.29 Å². The van der Waals surface area contributed by atoms with E-state index in [1.165, 1.54) is 46.9 Å². The highest BCUT2D eigenvalue weighted by atomic mass is 35.5. The van der Waals surface area contributed by atoms with Crippen molar-refractivity contribution in [2.24, 2.45) is 11.8 Å². The molecule has 3 aromatic rings. The molecular weight excluding hydrogens is 509 g/mol. The van der Waals surface area contributed by atoms with E-state index < -0.39 is 10.0 Å². The van der Waals surface area contributed by atoms with Gasteiger partial charge in [0.05, 0.1) is 14.9 Å². The molecule has 2 atom stereocenters. The SMILES string of the molecule is CC1CC(C)CN(S(=O)(=O)c2ccc(C(=O)Nc3nc(-c4cc(Cl)sc4Cl)cs3)cc2)C1. The Morgan fingerprint density at radius 1 is 1.16 bits per heavy atom. The average Bonchev–Trinajstić information content (AvgIpc) is 3.32. The minimum Gasteiger partial charge on any atom is -0.298 e. The maximum absolute atomic E-state index is 13.0. The zero-order valence-electron chi connectivity index (χ0n) is 17.3. The average molecular weight is 531 g/mol. The molecule has 170 valence electrons. The van der Waals surface area contributed by atoms with Crippen LogP contribution in [0.3, 0.4) is 0 Å². The van der Waals surface area contributed by atoms with Gasteiger partial charge < -0.3 is 0 Å². The van der Waals surface area contributed by atoms with Crippen LogP contribution in [-0.2, 0) is 10.0 Å². The van der Waals surface area contributed by atoms with Crippen LogP contribution in [-0.4, -0.2) is 36.7 Å². The van der Waals surface area contributed by atoms with Crippen molar-refractivity contribution >= 4 is 66.9 Å². The Balaban J connectivity index is 1.46. The number of rotatable bonds is 5. The normalized spacial score (nSPS) is 19.8. The minimum absolute atomic E-state index is 0.191. The highest BCUT2D eigenvalue weighted by molar-refractivity contribution is 7.89. The van der Waals surface area contributed by atoms with Crippen LogP contribution in [0.25, 0.3) is 11.3 Å². The fraction of sp³-hybridized carbons (Fsp3) is 0.333. The molecule has 1 fully saturated rings. The molecule has 2 unspecified atom stereocenters. The fourth-order valence-corrected chi connectivity index (χ4v) is 7.73. The number of thiazole rings is 1. The summed E-state index contributed by atoms with van der Waals surface area (Å²) in [5.74, 6) is 0.271. The van der Waals surface area contributed by atoms with Gasteiger partial charge in [-0.1, -0.05) is 37.0 Å². The number of nitrogens with zero attached hydrogens (tertiary/aromatic N) is 2. The predicted octanol–water partition coefficient (Wildman–Crippen LogP) is 6.10. The molecule has 1 aromatic carbocycles. The summed E-state index contributed by atoms with van der Waals surface area (Å²) in [6.45, 7) is 5.16. The van der Waals surface area contributed by atoms with Crippen LogP contribution < -0.4 is 5.32 Å². The zero-order chi connectivity index (χ0) is 23.0. The van der Waals surface area contributed by atoms with Crippen molar-refractivity contribution in [1.29, 1.82) is 0 Å². The van der Waals surface area contributed by atoms with E-state index in [0.717, 1.165) is 6.42 Å². The predicted molar refractivity (Wildman–Crippen MR) is 132 cm³/mol. The first-order chi connectivity index (χ1) is 15.1. The molecule has 1 aliphatic rings. The molecule has 1 saturated heterocycles. The number of thiophene rings is 1. The summed E-state index contributed by atoms with van der Waals surface area (Å²) in [7, 11) is -3.59. The second-order valence-electron chi connectivity index (χ2n) is 8.02. The van der Waals surface area contributed by atoms with E-state index in [2.05, 4.69) is 24.1 Å². The van der Waals surface area contributed by atoms with Gasteiger partial charge in [0, 0.05) is 29.6 Å². The van der Waals surface area contributed by atoms with Gasteiger partial charge in [-0.3, -0.25) is 10.1 Å². The fourth-order valence-electron chi connectivity index (χ4n) is 3.87. The second kappa shape index (κ2) is 9.40. The van der Waals surface area contributed by atoms with Crippen LogP contribution in [0.1, 0.15) is 30.6 Å². The molecule has 11 heteroatoms. The number of piperidine rings is 1. The maximum Gasteiger partial charge on any atom is 0.257 e. The molecule has 3 heterocycles. The molecule has 1 N–H and O–H groups in total. The van der Waals surface area contributed by atoms with Gasteiger partial charge in [0.15, 0.2) is 5.13 Å². The van der Waals surface area contributed by atoms with Gasteiger partial charge in [-0.2, -0.15) is 4.31 Å². The number of benzene rings is 1. The zero-order valence-corrected chi connectivity index (χ0v) is 21.3. The van der Waals surface area contributed by atoms with Crippen LogP contribution in [0.4, 0.5) is 5.13 Å². The Morgan fingerprint density at radius 2 is 1.81 bits per heavy atom. The standard InChI is InChI=1S/C21H21Cl2N3O3S3/c1-12-7-13(2)10-26(9-12)32(28,29)15-5-3-14(4-6-15)20(27)25-21-24-17(11-30-21)16-8-18(22)31-19(16)23/h3-6,8,11-13H,7,9-10H2,1-2H3,(H,24,25,27). The number of hydrogen-bond donors (Lipinski definition) is 1. The number of nitrogens with one attached hydrogen (secondary N) is 1. The molecule has 0 spiro atoms. The topological polar surface area (TPSA) is 79.4 Å². The van der Waals surface area contributed by atoms with Crippen molar-refractivity contribution in [2.75, 3.05) is 18.4 Å². The largest absolute Gasteiger partial charge is 0.298 e. The van der Waals surface area contributed by atoms with E-state index in [-0.39, 0.29) is 10.8 Å². The maximum atomic E-state index is 13.0. The highest BCUT2D eigenvalue weighted by Gasteiger charge is 2.31. The van der Waals surface area contributed by atoms with E-state index in [4.69, 9.17) is 23.2 Å². The monoisotopic (exact) mass is 529 g/mol. The van der Waals surface area contributed by atoms with Gasteiger partial charge in [0.25, 0.3) is 5.91 Å². The number of carbonyl (C=O) groups excluding carboxylic acids is 1. The summed E-state index contributed by atoms with van der Waals surface area (Å²) in [6.07, 6.45) is 1.02. The first kappa shape index (κ1) is 23.7. The molecule has 4 rings (SSSR count). The summed E-state index contributed by atoms with van der Waals surface area (Å²) >= 11 is 14.7. The van der Waals surface area contributed by atoms with Crippen molar-refractivity contribution < 1.29 is 13.2 Å². The minimum atomic E-state index is -3.59. The van der Waals surface area contributed by atoms with Crippen molar-refractivity contribution in [3.05, 3.63) is 49.9 Å². The lowest BCUT2D eigenvalue weighted by atomic mass is 9.94. The van der Waals surface area contributed by atoms with Gasteiger partial charge in [0.2, 0.25) is 10.0 Å². The van der Waals surface area contributed by atoms with Gasteiger partial charge in [-0.05, 0) is 48.6 Å². The van der Waals surface area contributed by atoms with Crippen molar-refractivity contribution in [3.8, 4) is 11.3 Å². The molecule has 0 radical (unpaired) electrons. The molecular formula is C21H21Cl2N3O3S3. The Kier molecular flexibility index (Phi) is 6.95. The molecule has 1 amide bonds. The lowest BCUT2D eigenvalue weighted by molar-refractivity contribution is 0.102. The molecule has 1 aliphatic heterocycles. The van der Waals surface area contributed by atoms with E-state index >= 15 is 0 Å². The van der Waals surface area contributed by atoms with Crippen LogP contribution in [0.15, 0.2) is 40.6 Å². The van der Waals surface area contributed by atoms with Gasteiger partial charge in [0.1, 0.15) is 4.34 Å². The summed E-state index contributed by atoms with van der Waals surface area (Å²) in [5.41, 5.74) is 1.69. The van der Waals surface area contributed by atoms with E-state index in [1.807, 2.05) is 0 Å². The Morgan fingerprint density at radius 3 is 2.41 bits per heavy atom. The summed E-state index contributed by atoms with van der Waals surface area (Å²) in [4.78, 5) is 17.2. The van der Waals surface area contributed by atoms with Crippen molar-refractivity contribution in [2.45, 2.75) is 25.2 Å². The second-order valence-corrected chi connectivity index (χ2v) is 13.1. The van der Waals surface area contributed by atoms with Crippen LogP contribution >= 0.6 is 45.9 Å². The number of anilines is 1. The van der Waals surface area contributed by atoms with Crippen LogP contribution in [0, 0.1) is 11.8 Å². The van der Waals surface area contributed by atoms with Crippen LogP contribution in [0.5, 0.6) is 0 Å². The number of hydrogen-bond acceptors (Lipinski definition) is 6. The van der Waals surface area contributed by atoms with Gasteiger partial charge in [-0.15, -0.1) is 22.7 Å². The quantitative estimate of drug-likeness (QED) is 0.433. The Hall–Kier alpha value is -1.49. The molecule has 0 aliphatic carbocycles. The number of sulfonamides is 1. The third kappa shape index (κ3) is 5.03. The number of amides is 1. The van der Waals surface area contributed by atoms with Crippen LogP contribution in [0.2, 0.25) is 8.67 Å². The first-order valence-electron chi connectivity index (χ1n) is 9.95. The van der Waals surface area contributed by atoms with E-state index in [9.17, 15) is 13.2 Å². The molecule has 6 nitrogen and oxygen atoms in total. The Labute approximate surface area is 205 Å². The van der Waals surface area contributed by atoms with E-state index in [1.54, 1.807) is 15.8 Å². The smallest absolute Gasteiger partial charge is 0.257 e. The lowest BCUT2D eigenvalue weighted by Crippen LogP contribution is -2.42. The van der Waals surface area contributed by atoms with Crippen molar-refractivity contribution in [3.63, 3.8) is 0 Å². The first-order valence-corrected chi connectivity index (χ1v) is 13.8. The van der Waals surface area contributed by atoms with Gasteiger partial charge >= 0.3 is 0 Å². The molecule has 2 aromatic heterocycles. The molecule has 0 bridgehead atoms.